The standard InChI is InChI=1S/C22H28ClN3O3.HI/c1-24-21(26-18-7-8-19(27-2)20(14-18)28-3)25-15-22(9-11-29-12-10-22)16-5-4-6-17(23)13-16;/h4-8,13-14H,9-12,15H2,1-3H3,(H2,24,25,26);1H. The van der Waals surface area contributed by atoms with Crippen LogP contribution in [-0.4, -0.2) is 47.0 Å². The smallest absolute Gasteiger partial charge is 0.195 e. The van der Waals surface area contributed by atoms with Crippen molar-refractivity contribution in [3.05, 3.63) is 53.1 Å². The van der Waals surface area contributed by atoms with Crippen LogP contribution in [0.15, 0.2) is 47.5 Å². The van der Waals surface area contributed by atoms with E-state index in [1.54, 1.807) is 21.3 Å². The zero-order chi connectivity index (χ0) is 20.7. The number of guanidine groups is 1. The molecule has 2 aromatic rings. The van der Waals surface area contributed by atoms with Crippen molar-refractivity contribution in [3.63, 3.8) is 0 Å². The van der Waals surface area contributed by atoms with Gasteiger partial charge in [-0.3, -0.25) is 4.99 Å². The van der Waals surface area contributed by atoms with Crippen LogP contribution in [0.3, 0.4) is 0 Å². The van der Waals surface area contributed by atoms with Gasteiger partial charge in [0, 0.05) is 49.0 Å². The summed E-state index contributed by atoms with van der Waals surface area (Å²) in [6.07, 6.45) is 1.85. The van der Waals surface area contributed by atoms with Crippen LogP contribution in [0.1, 0.15) is 18.4 Å². The highest BCUT2D eigenvalue weighted by molar-refractivity contribution is 14.0. The minimum Gasteiger partial charge on any atom is -0.493 e. The van der Waals surface area contributed by atoms with E-state index in [1.165, 1.54) is 5.56 Å². The first-order chi connectivity index (χ1) is 14.1. The molecule has 0 saturated carbocycles. The highest BCUT2D eigenvalue weighted by Gasteiger charge is 2.34. The molecule has 1 heterocycles. The predicted octanol–water partition coefficient (Wildman–Crippen LogP) is 4.71. The number of methoxy groups -OCH3 is 2. The van der Waals surface area contributed by atoms with Gasteiger partial charge in [0.1, 0.15) is 0 Å². The number of hydrogen-bond donors (Lipinski definition) is 2. The van der Waals surface area contributed by atoms with E-state index in [0.717, 1.165) is 43.3 Å². The average Bonchev–Trinajstić information content (AvgIpc) is 2.77. The molecule has 164 valence electrons. The molecule has 0 unspecified atom stereocenters. The van der Waals surface area contributed by atoms with Crippen molar-refractivity contribution in [2.24, 2.45) is 4.99 Å². The number of ether oxygens (including phenoxy) is 3. The minimum absolute atomic E-state index is 0. The molecule has 1 saturated heterocycles. The van der Waals surface area contributed by atoms with Gasteiger partial charge in [-0.2, -0.15) is 0 Å². The first-order valence-electron chi connectivity index (χ1n) is 9.64. The van der Waals surface area contributed by atoms with Gasteiger partial charge in [-0.15, -0.1) is 24.0 Å². The molecule has 0 radical (unpaired) electrons. The number of halogens is 2. The monoisotopic (exact) mass is 545 g/mol. The first-order valence-corrected chi connectivity index (χ1v) is 10.0. The lowest BCUT2D eigenvalue weighted by Gasteiger charge is -2.38. The van der Waals surface area contributed by atoms with Crippen molar-refractivity contribution in [2.45, 2.75) is 18.3 Å². The number of nitrogens with one attached hydrogen (secondary N) is 2. The van der Waals surface area contributed by atoms with Crippen LogP contribution in [0, 0.1) is 0 Å². The normalized spacial score (nSPS) is 15.7. The Morgan fingerprint density at radius 3 is 2.47 bits per heavy atom. The van der Waals surface area contributed by atoms with E-state index in [2.05, 4.69) is 27.8 Å². The van der Waals surface area contributed by atoms with Gasteiger partial charge in [-0.05, 0) is 42.7 Å². The largest absolute Gasteiger partial charge is 0.493 e. The molecule has 6 nitrogen and oxygen atoms in total. The summed E-state index contributed by atoms with van der Waals surface area (Å²) in [5.74, 6) is 2.03. The maximum atomic E-state index is 6.27. The molecule has 1 aliphatic heterocycles. The summed E-state index contributed by atoms with van der Waals surface area (Å²) in [6, 6.07) is 13.8. The third-order valence-corrected chi connectivity index (χ3v) is 5.59. The van der Waals surface area contributed by atoms with E-state index in [-0.39, 0.29) is 29.4 Å². The number of nitrogens with zero attached hydrogens (tertiary/aromatic N) is 1. The van der Waals surface area contributed by atoms with Gasteiger partial charge in [-0.1, -0.05) is 23.7 Å². The highest BCUT2D eigenvalue weighted by atomic mass is 127. The van der Waals surface area contributed by atoms with E-state index in [9.17, 15) is 0 Å². The first kappa shape index (κ1) is 24.6. The number of anilines is 1. The number of aliphatic imine (C=N–C) groups is 1. The second kappa shape index (κ2) is 11.6. The average molecular weight is 546 g/mol. The van der Waals surface area contributed by atoms with Crippen molar-refractivity contribution in [1.29, 1.82) is 0 Å². The van der Waals surface area contributed by atoms with Gasteiger partial charge >= 0.3 is 0 Å². The van der Waals surface area contributed by atoms with Crippen LogP contribution in [0.2, 0.25) is 5.02 Å². The van der Waals surface area contributed by atoms with E-state index in [1.807, 2.05) is 30.3 Å². The fraction of sp³-hybridized carbons (Fsp3) is 0.409. The molecular formula is C22H29ClIN3O3. The van der Waals surface area contributed by atoms with Gasteiger partial charge < -0.3 is 24.8 Å². The Kier molecular flexibility index (Phi) is 9.51. The van der Waals surface area contributed by atoms with Crippen molar-refractivity contribution < 1.29 is 14.2 Å². The van der Waals surface area contributed by atoms with Crippen LogP contribution in [0.25, 0.3) is 0 Å². The Morgan fingerprint density at radius 2 is 1.83 bits per heavy atom. The fourth-order valence-electron chi connectivity index (χ4n) is 3.63. The lowest BCUT2D eigenvalue weighted by atomic mass is 9.74. The van der Waals surface area contributed by atoms with Crippen LogP contribution in [0.4, 0.5) is 5.69 Å². The Labute approximate surface area is 200 Å². The van der Waals surface area contributed by atoms with Crippen LogP contribution in [0.5, 0.6) is 11.5 Å². The summed E-state index contributed by atoms with van der Waals surface area (Å²) in [7, 11) is 5.00. The van der Waals surface area contributed by atoms with Crippen LogP contribution >= 0.6 is 35.6 Å². The molecule has 0 spiro atoms. The quantitative estimate of drug-likeness (QED) is 0.313. The second-order valence-corrected chi connectivity index (χ2v) is 7.46. The number of hydrogen-bond acceptors (Lipinski definition) is 4. The summed E-state index contributed by atoms with van der Waals surface area (Å²) < 4.78 is 16.3. The Bertz CT molecular complexity index is 857. The Balaban J connectivity index is 0.00000320. The lowest BCUT2D eigenvalue weighted by molar-refractivity contribution is 0.0514. The van der Waals surface area contributed by atoms with E-state index >= 15 is 0 Å². The van der Waals surface area contributed by atoms with Gasteiger partial charge in [0.2, 0.25) is 0 Å². The molecule has 0 bridgehead atoms. The van der Waals surface area contributed by atoms with E-state index in [0.29, 0.717) is 17.5 Å². The van der Waals surface area contributed by atoms with Gasteiger partial charge in [0.05, 0.1) is 14.2 Å². The molecule has 0 aliphatic carbocycles. The van der Waals surface area contributed by atoms with Crippen molar-refractivity contribution in [3.8, 4) is 11.5 Å². The molecule has 30 heavy (non-hydrogen) atoms. The Hall–Kier alpha value is -1.71. The number of benzene rings is 2. The minimum atomic E-state index is -0.0572. The van der Waals surface area contributed by atoms with Gasteiger partial charge in [0.15, 0.2) is 17.5 Å². The second-order valence-electron chi connectivity index (χ2n) is 7.02. The molecule has 0 amide bonds. The van der Waals surface area contributed by atoms with Crippen molar-refractivity contribution >= 4 is 47.2 Å². The molecule has 8 heteroatoms. The van der Waals surface area contributed by atoms with Crippen molar-refractivity contribution in [1.82, 2.24) is 5.32 Å². The summed E-state index contributed by atoms with van der Waals surface area (Å²) in [4.78, 5) is 4.37. The predicted molar refractivity (Wildman–Crippen MR) is 133 cm³/mol. The Morgan fingerprint density at radius 1 is 1.10 bits per heavy atom. The van der Waals surface area contributed by atoms with Crippen molar-refractivity contribution in [2.75, 3.05) is 46.3 Å². The molecule has 2 N–H and O–H groups in total. The number of rotatable bonds is 6. The maximum absolute atomic E-state index is 6.27. The molecular weight excluding hydrogens is 517 g/mol. The summed E-state index contributed by atoms with van der Waals surface area (Å²) in [5, 5.41) is 7.55. The van der Waals surface area contributed by atoms with Gasteiger partial charge in [-0.25, -0.2) is 0 Å². The zero-order valence-electron chi connectivity index (χ0n) is 17.5. The zero-order valence-corrected chi connectivity index (χ0v) is 20.6. The molecule has 2 aromatic carbocycles. The molecule has 0 aromatic heterocycles. The SMILES string of the molecule is CN=C(NCC1(c2cccc(Cl)c2)CCOCC1)Nc1ccc(OC)c(OC)c1.I. The van der Waals surface area contributed by atoms with Crippen LogP contribution < -0.4 is 20.1 Å². The molecule has 3 rings (SSSR count). The topological polar surface area (TPSA) is 64.1 Å². The van der Waals surface area contributed by atoms with E-state index < -0.39 is 0 Å². The summed E-state index contributed by atoms with van der Waals surface area (Å²) in [5.41, 5.74) is 2.03. The van der Waals surface area contributed by atoms with Gasteiger partial charge in [0.25, 0.3) is 0 Å². The third kappa shape index (κ3) is 5.92. The van der Waals surface area contributed by atoms with Crippen LogP contribution in [-0.2, 0) is 10.2 Å². The summed E-state index contributed by atoms with van der Waals surface area (Å²) in [6.45, 7) is 2.19. The van der Waals surface area contributed by atoms with E-state index in [4.69, 9.17) is 25.8 Å². The molecule has 0 atom stereocenters. The molecule has 1 aliphatic rings. The fourth-order valence-corrected chi connectivity index (χ4v) is 3.82. The maximum Gasteiger partial charge on any atom is 0.195 e. The lowest BCUT2D eigenvalue weighted by Crippen LogP contribution is -2.46. The molecule has 1 fully saturated rings. The highest BCUT2D eigenvalue weighted by Crippen LogP contribution is 2.35. The third-order valence-electron chi connectivity index (χ3n) is 5.35. The summed E-state index contributed by atoms with van der Waals surface area (Å²) >= 11 is 6.27.